The van der Waals surface area contributed by atoms with Crippen LogP contribution in [0.25, 0.3) is 22.4 Å². The summed E-state index contributed by atoms with van der Waals surface area (Å²) in [5.41, 5.74) is 1.37. The van der Waals surface area contributed by atoms with Crippen LogP contribution in [-0.2, 0) is 16.5 Å². The average molecular weight is 384 g/mol. The van der Waals surface area contributed by atoms with E-state index in [0.29, 0.717) is 16.3 Å². The van der Waals surface area contributed by atoms with Gasteiger partial charge in [0.25, 0.3) is 0 Å². The molecule has 3 aromatic rings. The molecule has 2 aromatic carbocycles. The van der Waals surface area contributed by atoms with Crippen LogP contribution in [-0.4, -0.2) is 19.8 Å². The zero-order chi connectivity index (χ0) is 18.2. The van der Waals surface area contributed by atoms with Crippen LogP contribution in [0.1, 0.15) is 5.76 Å². The maximum absolute atomic E-state index is 14.2. The third-order valence-electron chi connectivity index (χ3n) is 3.60. The van der Waals surface area contributed by atoms with Gasteiger partial charge in [0.2, 0.25) is 0 Å². The van der Waals surface area contributed by atoms with Crippen molar-refractivity contribution in [1.29, 1.82) is 0 Å². The van der Waals surface area contributed by atoms with Crippen molar-refractivity contribution in [3.05, 3.63) is 59.1 Å². The maximum Gasteiger partial charge on any atom is 0.178 e. The zero-order valence-electron chi connectivity index (χ0n) is 13.0. The molecule has 4 nitrogen and oxygen atoms in total. The monoisotopic (exact) mass is 383 g/mol. The van der Waals surface area contributed by atoms with Gasteiger partial charge >= 0.3 is 0 Å². The second kappa shape index (κ2) is 6.57. The first-order valence-corrected chi connectivity index (χ1v) is 9.38. The van der Waals surface area contributed by atoms with Crippen LogP contribution in [0.4, 0.5) is 8.78 Å². The minimum absolute atomic E-state index is 0.0820. The van der Waals surface area contributed by atoms with Crippen molar-refractivity contribution < 1.29 is 21.7 Å². The summed E-state index contributed by atoms with van der Waals surface area (Å²) in [5, 5.41) is 4.31. The fourth-order valence-electron chi connectivity index (χ4n) is 2.50. The second-order valence-electron chi connectivity index (χ2n) is 5.39. The van der Waals surface area contributed by atoms with Crippen molar-refractivity contribution in [1.82, 2.24) is 5.16 Å². The number of rotatable bonds is 4. The molecule has 0 aliphatic heterocycles. The second-order valence-corrected chi connectivity index (χ2v) is 7.81. The van der Waals surface area contributed by atoms with Crippen molar-refractivity contribution in [2.75, 3.05) is 6.26 Å². The molecule has 0 saturated heterocycles. The molecule has 1 heterocycles. The Morgan fingerprint density at radius 1 is 1.16 bits per heavy atom. The Morgan fingerprint density at radius 2 is 1.92 bits per heavy atom. The lowest BCUT2D eigenvalue weighted by molar-refractivity contribution is 0.332. The van der Waals surface area contributed by atoms with E-state index in [4.69, 9.17) is 16.1 Å². The first kappa shape index (κ1) is 17.6. The lowest BCUT2D eigenvalue weighted by Gasteiger charge is -2.07. The fraction of sp³-hybridized carbons (Fsp3) is 0.118. The Bertz CT molecular complexity index is 1050. The third kappa shape index (κ3) is 3.43. The Morgan fingerprint density at radius 3 is 2.52 bits per heavy atom. The minimum Gasteiger partial charge on any atom is -0.357 e. The smallest absolute Gasteiger partial charge is 0.178 e. The highest BCUT2D eigenvalue weighted by Crippen LogP contribution is 2.36. The molecule has 8 heteroatoms. The van der Waals surface area contributed by atoms with E-state index < -0.39 is 27.2 Å². The van der Waals surface area contributed by atoms with Crippen LogP contribution in [0.15, 0.2) is 51.9 Å². The summed E-state index contributed by atoms with van der Waals surface area (Å²) in [6.07, 6.45) is 0.912. The summed E-state index contributed by atoms with van der Waals surface area (Å²) in [6, 6.07) is 10.2. The Kier molecular flexibility index (Phi) is 4.62. The van der Waals surface area contributed by atoms with E-state index in [1.165, 1.54) is 6.07 Å². The molecule has 0 radical (unpaired) electrons. The van der Waals surface area contributed by atoms with Gasteiger partial charge in [0.05, 0.1) is 5.56 Å². The largest absolute Gasteiger partial charge is 0.357 e. The number of aromatic nitrogens is 1. The molecule has 0 spiro atoms. The van der Waals surface area contributed by atoms with Crippen molar-refractivity contribution >= 4 is 21.4 Å². The van der Waals surface area contributed by atoms with E-state index in [0.717, 1.165) is 18.4 Å². The van der Waals surface area contributed by atoms with Gasteiger partial charge in [-0.15, -0.1) is 0 Å². The van der Waals surface area contributed by atoms with Crippen LogP contribution in [0.3, 0.4) is 0 Å². The molecule has 0 aliphatic rings. The number of hydrogen-bond acceptors (Lipinski definition) is 4. The van der Waals surface area contributed by atoms with Crippen molar-refractivity contribution in [3.8, 4) is 22.4 Å². The molecule has 0 N–H and O–H groups in total. The van der Waals surface area contributed by atoms with Crippen LogP contribution in [0.2, 0.25) is 5.02 Å². The summed E-state index contributed by atoms with van der Waals surface area (Å²) in [7, 11) is -3.71. The predicted octanol–water partition coefficient (Wildman–Crippen LogP) is 4.67. The van der Waals surface area contributed by atoms with Crippen LogP contribution in [0, 0.1) is 5.82 Å². The highest BCUT2D eigenvalue weighted by molar-refractivity contribution is 7.90. The number of benzene rings is 2. The summed E-state index contributed by atoms with van der Waals surface area (Å²) in [4.78, 5) is -0.432. The topological polar surface area (TPSA) is 60.2 Å². The molecule has 0 fully saturated rings. The number of sulfone groups is 1. The fourth-order valence-corrected chi connectivity index (χ4v) is 3.42. The molecule has 0 saturated carbocycles. The van der Waals surface area contributed by atoms with E-state index in [2.05, 4.69) is 5.16 Å². The van der Waals surface area contributed by atoms with Crippen LogP contribution < -0.4 is 0 Å². The van der Waals surface area contributed by atoms with Gasteiger partial charge in [-0.2, -0.15) is 0 Å². The van der Waals surface area contributed by atoms with Gasteiger partial charge in [0.15, 0.2) is 22.3 Å². The van der Waals surface area contributed by atoms with Gasteiger partial charge in [-0.25, -0.2) is 17.2 Å². The lowest BCUT2D eigenvalue weighted by atomic mass is 9.99. The molecule has 3 rings (SSSR count). The molecule has 130 valence electrons. The van der Waals surface area contributed by atoms with Crippen molar-refractivity contribution in [2.24, 2.45) is 0 Å². The van der Waals surface area contributed by atoms with E-state index in [-0.39, 0.29) is 16.9 Å². The molecule has 0 aliphatic carbocycles. The molecule has 0 bridgehead atoms. The van der Waals surface area contributed by atoms with Crippen molar-refractivity contribution in [2.45, 2.75) is 11.6 Å². The SMILES string of the molecule is CS(=O)(=O)c1ccc(-c2c(-c3cccc(Cl)c3)noc2CF)cc1F. The Labute approximate surface area is 148 Å². The summed E-state index contributed by atoms with van der Waals surface area (Å²) >= 11 is 5.97. The standard InChI is InChI=1S/C17H12ClF2NO3S/c1-25(22,23)15-6-5-10(8-13(15)20)16-14(9-19)24-21-17(16)11-3-2-4-12(18)7-11/h2-8H,9H2,1H3. The van der Waals surface area contributed by atoms with Gasteiger partial charge in [-0.3, -0.25) is 0 Å². The number of hydrogen-bond donors (Lipinski definition) is 0. The minimum atomic E-state index is -3.71. The van der Waals surface area contributed by atoms with Gasteiger partial charge in [-0.1, -0.05) is 35.0 Å². The normalized spacial score (nSPS) is 11.7. The van der Waals surface area contributed by atoms with E-state index >= 15 is 0 Å². The summed E-state index contributed by atoms with van der Waals surface area (Å²) in [6.45, 7) is -0.946. The average Bonchev–Trinajstić information content (AvgIpc) is 2.97. The zero-order valence-corrected chi connectivity index (χ0v) is 14.5. The highest BCUT2D eigenvalue weighted by atomic mass is 35.5. The molecule has 1 aromatic heterocycles. The predicted molar refractivity (Wildman–Crippen MR) is 90.3 cm³/mol. The van der Waals surface area contributed by atoms with Crippen LogP contribution >= 0.6 is 11.6 Å². The molecule has 0 atom stereocenters. The molecular formula is C17H12ClF2NO3S. The Hall–Kier alpha value is -2.25. The van der Waals surface area contributed by atoms with Gasteiger partial charge in [-0.05, 0) is 29.8 Å². The molecule has 0 amide bonds. The van der Waals surface area contributed by atoms with Gasteiger partial charge in [0.1, 0.15) is 16.4 Å². The van der Waals surface area contributed by atoms with E-state index in [9.17, 15) is 17.2 Å². The highest BCUT2D eigenvalue weighted by Gasteiger charge is 2.22. The lowest BCUT2D eigenvalue weighted by Crippen LogP contribution is -2.01. The number of halogens is 3. The number of nitrogens with zero attached hydrogens (tertiary/aromatic N) is 1. The third-order valence-corrected chi connectivity index (χ3v) is 4.97. The van der Waals surface area contributed by atoms with Gasteiger partial charge in [0, 0.05) is 16.8 Å². The van der Waals surface area contributed by atoms with Gasteiger partial charge < -0.3 is 4.52 Å². The summed E-state index contributed by atoms with van der Waals surface area (Å²) < 4.78 is 55.7. The first-order chi connectivity index (χ1) is 11.8. The molecule has 25 heavy (non-hydrogen) atoms. The first-order valence-electron chi connectivity index (χ1n) is 7.11. The molecule has 0 unspecified atom stereocenters. The quantitative estimate of drug-likeness (QED) is 0.656. The van der Waals surface area contributed by atoms with Crippen LogP contribution in [0.5, 0.6) is 0 Å². The Balaban J connectivity index is 2.21. The maximum atomic E-state index is 14.2. The van der Waals surface area contributed by atoms with E-state index in [1.807, 2.05) is 0 Å². The number of alkyl halides is 1. The van der Waals surface area contributed by atoms with E-state index in [1.54, 1.807) is 24.3 Å². The molecular weight excluding hydrogens is 372 g/mol. The summed E-state index contributed by atoms with van der Waals surface area (Å²) in [5.74, 6) is -1.01. The van der Waals surface area contributed by atoms with Crippen molar-refractivity contribution in [3.63, 3.8) is 0 Å².